The second kappa shape index (κ2) is 6.39. The van der Waals surface area contributed by atoms with E-state index in [0.717, 1.165) is 5.56 Å². The van der Waals surface area contributed by atoms with Crippen molar-refractivity contribution in [2.45, 2.75) is 11.4 Å². The molecule has 1 aliphatic rings. The molecule has 2 aromatic carbocycles. The van der Waals surface area contributed by atoms with E-state index in [1.807, 2.05) is 12.1 Å². The van der Waals surface area contributed by atoms with Gasteiger partial charge < -0.3 is 9.47 Å². The number of rotatable bonds is 4. The molecule has 0 unspecified atom stereocenters. The van der Waals surface area contributed by atoms with E-state index in [2.05, 4.69) is 0 Å². The van der Waals surface area contributed by atoms with Crippen LogP contribution in [-0.2, 0) is 16.6 Å². The van der Waals surface area contributed by atoms with Crippen molar-refractivity contribution in [3.05, 3.63) is 53.1 Å². The third-order valence-electron chi connectivity index (χ3n) is 3.53. The monoisotopic (exact) mass is 353 g/mol. The fraction of sp³-hybridized carbons (Fsp3) is 0.250. The van der Waals surface area contributed by atoms with Crippen molar-refractivity contribution in [2.75, 3.05) is 20.3 Å². The van der Waals surface area contributed by atoms with Gasteiger partial charge in [-0.1, -0.05) is 17.7 Å². The number of benzene rings is 2. The normalized spacial score (nSPS) is 14.0. The number of sulfonamides is 1. The number of hydrogen-bond acceptors (Lipinski definition) is 4. The largest absolute Gasteiger partial charge is 0.486 e. The lowest BCUT2D eigenvalue weighted by Gasteiger charge is -2.21. The smallest absolute Gasteiger partial charge is 0.243 e. The van der Waals surface area contributed by atoms with Gasteiger partial charge in [-0.25, -0.2) is 8.42 Å². The average Bonchev–Trinajstić information content (AvgIpc) is 2.55. The Morgan fingerprint density at radius 1 is 1.04 bits per heavy atom. The number of halogens is 1. The van der Waals surface area contributed by atoms with Crippen LogP contribution in [-0.4, -0.2) is 33.0 Å². The third kappa shape index (κ3) is 3.44. The second-order valence-corrected chi connectivity index (χ2v) is 7.67. The van der Waals surface area contributed by atoms with Crippen LogP contribution in [0.15, 0.2) is 47.4 Å². The zero-order chi connectivity index (χ0) is 16.4. The predicted molar refractivity (Wildman–Crippen MR) is 87.5 cm³/mol. The summed E-state index contributed by atoms with van der Waals surface area (Å²) in [6.45, 7) is 1.26. The van der Waals surface area contributed by atoms with Crippen molar-refractivity contribution in [3.8, 4) is 11.5 Å². The van der Waals surface area contributed by atoms with Gasteiger partial charge in [-0.2, -0.15) is 4.31 Å². The molecular formula is C16H16ClNO4S. The van der Waals surface area contributed by atoms with Gasteiger partial charge in [-0.05, 0) is 42.0 Å². The molecular weight excluding hydrogens is 338 g/mol. The van der Waals surface area contributed by atoms with E-state index in [1.54, 1.807) is 25.2 Å². The lowest BCUT2D eigenvalue weighted by Crippen LogP contribution is -2.26. The van der Waals surface area contributed by atoms with Crippen molar-refractivity contribution in [1.29, 1.82) is 0 Å². The molecule has 0 radical (unpaired) electrons. The zero-order valence-corrected chi connectivity index (χ0v) is 14.1. The molecule has 0 spiro atoms. The molecule has 3 rings (SSSR count). The van der Waals surface area contributed by atoms with Crippen LogP contribution in [0.1, 0.15) is 5.56 Å². The summed E-state index contributed by atoms with van der Waals surface area (Å²) in [7, 11) is -2.03. The Bertz CT molecular complexity index is 805. The molecule has 0 saturated heterocycles. The van der Waals surface area contributed by atoms with Crippen LogP contribution in [0.2, 0.25) is 5.02 Å². The maximum absolute atomic E-state index is 12.6. The minimum absolute atomic E-state index is 0.210. The minimum Gasteiger partial charge on any atom is -0.486 e. The summed E-state index contributed by atoms with van der Waals surface area (Å²) < 4.78 is 37.4. The van der Waals surface area contributed by atoms with E-state index in [0.29, 0.717) is 29.7 Å². The summed E-state index contributed by atoms with van der Waals surface area (Å²) >= 11 is 5.80. The van der Waals surface area contributed by atoms with Crippen LogP contribution < -0.4 is 9.47 Å². The first-order chi connectivity index (χ1) is 11.0. The molecule has 0 aliphatic carbocycles. The molecule has 0 N–H and O–H groups in total. The third-order valence-corrected chi connectivity index (χ3v) is 5.60. The molecule has 0 bridgehead atoms. The Balaban J connectivity index is 1.80. The van der Waals surface area contributed by atoms with Crippen molar-refractivity contribution in [1.82, 2.24) is 4.31 Å². The van der Waals surface area contributed by atoms with Crippen molar-refractivity contribution < 1.29 is 17.9 Å². The zero-order valence-electron chi connectivity index (χ0n) is 12.5. The van der Waals surface area contributed by atoms with Crippen LogP contribution in [0.5, 0.6) is 11.5 Å². The van der Waals surface area contributed by atoms with Crippen LogP contribution in [0.4, 0.5) is 0 Å². The summed E-state index contributed by atoms with van der Waals surface area (Å²) in [4.78, 5) is 0.210. The Kier molecular flexibility index (Phi) is 4.48. The summed E-state index contributed by atoms with van der Waals surface area (Å²) in [5, 5.41) is 0.499. The summed E-state index contributed by atoms with van der Waals surface area (Å²) in [5.74, 6) is 1.33. The number of nitrogens with zero attached hydrogens (tertiary/aromatic N) is 1. The van der Waals surface area contributed by atoms with E-state index in [-0.39, 0.29) is 11.4 Å². The summed E-state index contributed by atoms with van der Waals surface area (Å²) in [5.41, 5.74) is 0.828. The minimum atomic E-state index is -3.57. The summed E-state index contributed by atoms with van der Waals surface area (Å²) in [6.07, 6.45) is 0. The fourth-order valence-electron chi connectivity index (χ4n) is 2.31. The van der Waals surface area contributed by atoms with Gasteiger partial charge in [0.2, 0.25) is 10.0 Å². The van der Waals surface area contributed by atoms with Crippen LogP contribution in [0.25, 0.3) is 0 Å². The molecule has 1 aliphatic heterocycles. The standard InChI is InChI=1S/C16H16ClNO4S/c1-18(23(19,20)14-5-3-13(17)4-6-14)11-12-2-7-15-16(10-12)22-9-8-21-15/h2-7,10H,8-9,11H2,1H3. The molecule has 23 heavy (non-hydrogen) atoms. The lowest BCUT2D eigenvalue weighted by atomic mass is 10.2. The van der Waals surface area contributed by atoms with Gasteiger partial charge in [0.25, 0.3) is 0 Å². The molecule has 1 heterocycles. The molecule has 0 atom stereocenters. The van der Waals surface area contributed by atoms with Crippen LogP contribution >= 0.6 is 11.6 Å². The molecule has 122 valence electrons. The fourth-order valence-corrected chi connectivity index (χ4v) is 3.60. The summed E-state index contributed by atoms with van der Waals surface area (Å²) in [6, 6.07) is 11.6. The number of fused-ring (bicyclic) bond motifs is 1. The van der Waals surface area contributed by atoms with E-state index in [4.69, 9.17) is 21.1 Å². The predicted octanol–water partition coefficient (Wildman–Crippen LogP) is 2.93. The number of ether oxygens (including phenoxy) is 2. The van der Waals surface area contributed by atoms with Crippen LogP contribution in [0, 0.1) is 0 Å². The van der Waals surface area contributed by atoms with Gasteiger partial charge in [-0.15, -0.1) is 0 Å². The van der Waals surface area contributed by atoms with Gasteiger partial charge in [0, 0.05) is 18.6 Å². The lowest BCUT2D eigenvalue weighted by molar-refractivity contribution is 0.171. The SMILES string of the molecule is CN(Cc1ccc2c(c1)OCCO2)S(=O)(=O)c1ccc(Cl)cc1. The molecule has 0 saturated carbocycles. The van der Waals surface area contributed by atoms with Gasteiger partial charge in [-0.3, -0.25) is 0 Å². The highest BCUT2D eigenvalue weighted by atomic mass is 35.5. The maximum Gasteiger partial charge on any atom is 0.243 e. The van der Waals surface area contributed by atoms with Crippen LogP contribution in [0.3, 0.4) is 0 Å². The van der Waals surface area contributed by atoms with Gasteiger partial charge in [0.15, 0.2) is 11.5 Å². The Labute approximate surface area is 140 Å². The molecule has 0 fully saturated rings. The molecule has 0 aromatic heterocycles. The Hall–Kier alpha value is -1.76. The van der Waals surface area contributed by atoms with Crippen molar-refractivity contribution in [3.63, 3.8) is 0 Å². The van der Waals surface area contributed by atoms with Gasteiger partial charge >= 0.3 is 0 Å². The highest BCUT2D eigenvalue weighted by molar-refractivity contribution is 7.89. The average molecular weight is 354 g/mol. The first-order valence-electron chi connectivity index (χ1n) is 7.07. The Morgan fingerprint density at radius 2 is 1.70 bits per heavy atom. The van der Waals surface area contributed by atoms with E-state index in [9.17, 15) is 8.42 Å². The molecule has 7 heteroatoms. The number of hydrogen-bond donors (Lipinski definition) is 0. The quantitative estimate of drug-likeness (QED) is 0.848. The maximum atomic E-state index is 12.6. The molecule has 0 amide bonds. The second-order valence-electron chi connectivity index (χ2n) is 5.19. The van der Waals surface area contributed by atoms with Gasteiger partial charge in [0.1, 0.15) is 13.2 Å². The molecule has 2 aromatic rings. The highest BCUT2D eigenvalue weighted by Crippen LogP contribution is 2.31. The molecule has 5 nitrogen and oxygen atoms in total. The Morgan fingerprint density at radius 3 is 2.39 bits per heavy atom. The first-order valence-corrected chi connectivity index (χ1v) is 8.89. The first kappa shape index (κ1) is 16.1. The van der Waals surface area contributed by atoms with E-state index < -0.39 is 10.0 Å². The highest BCUT2D eigenvalue weighted by Gasteiger charge is 2.21. The van der Waals surface area contributed by atoms with E-state index >= 15 is 0 Å². The topological polar surface area (TPSA) is 55.8 Å². The van der Waals surface area contributed by atoms with Gasteiger partial charge in [0.05, 0.1) is 4.90 Å². The van der Waals surface area contributed by atoms with Crippen molar-refractivity contribution in [2.24, 2.45) is 0 Å². The van der Waals surface area contributed by atoms with Crippen molar-refractivity contribution >= 4 is 21.6 Å². The van der Waals surface area contributed by atoms with E-state index in [1.165, 1.54) is 16.4 Å².